The minimum Gasteiger partial charge on any atom is -0.388 e. The Kier molecular flexibility index (Phi) is 5.08. The standard InChI is InChI=1S/C17H20N4O/c1-3-17(2,22)13-21(12-14-7-5-4-6-8-14)16-11-19-15(9-18)10-20-16/h4-8,10-11,22H,3,12-13H2,1-2H3. The van der Waals surface area contributed by atoms with Gasteiger partial charge in [-0.25, -0.2) is 9.97 Å². The molecule has 2 rings (SSSR count). The summed E-state index contributed by atoms with van der Waals surface area (Å²) in [5.41, 5.74) is 0.593. The monoisotopic (exact) mass is 296 g/mol. The zero-order chi connectivity index (χ0) is 16.0. The lowest BCUT2D eigenvalue weighted by atomic mass is 10.0. The highest BCUT2D eigenvalue weighted by atomic mass is 16.3. The molecule has 1 atom stereocenters. The number of benzene rings is 1. The van der Waals surface area contributed by atoms with Crippen LogP contribution in [-0.2, 0) is 6.54 Å². The molecule has 0 aliphatic carbocycles. The van der Waals surface area contributed by atoms with Crippen molar-refractivity contribution in [3.8, 4) is 6.07 Å². The first-order valence-electron chi connectivity index (χ1n) is 7.27. The van der Waals surface area contributed by atoms with E-state index in [0.717, 1.165) is 5.56 Å². The van der Waals surface area contributed by atoms with Crippen LogP contribution in [0.15, 0.2) is 42.7 Å². The molecule has 1 unspecified atom stereocenters. The highest BCUT2D eigenvalue weighted by molar-refractivity contribution is 5.39. The highest BCUT2D eigenvalue weighted by Crippen LogP contribution is 2.19. The predicted octanol–water partition coefficient (Wildman–Crippen LogP) is 2.52. The fraction of sp³-hybridized carbons (Fsp3) is 0.353. The molecule has 114 valence electrons. The Morgan fingerprint density at radius 2 is 1.95 bits per heavy atom. The maximum atomic E-state index is 10.4. The van der Waals surface area contributed by atoms with E-state index in [1.807, 2.05) is 55.1 Å². The van der Waals surface area contributed by atoms with Crippen LogP contribution in [0.3, 0.4) is 0 Å². The average molecular weight is 296 g/mol. The molecule has 0 saturated carbocycles. The number of hydrogen-bond acceptors (Lipinski definition) is 5. The Balaban J connectivity index is 2.26. The molecule has 0 spiro atoms. The predicted molar refractivity (Wildman–Crippen MR) is 85.2 cm³/mol. The molecule has 2 aromatic rings. The molecule has 1 N–H and O–H groups in total. The first-order chi connectivity index (χ1) is 10.5. The number of rotatable bonds is 6. The molecule has 5 nitrogen and oxygen atoms in total. The highest BCUT2D eigenvalue weighted by Gasteiger charge is 2.23. The quantitative estimate of drug-likeness (QED) is 0.886. The molecule has 0 saturated heterocycles. The van der Waals surface area contributed by atoms with Crippen molar-refractivity contribution in [1.82, 2.24) is 9.97 Å². The van der Waals surface area contributed by atoms with E-state index in [9.17, 15) is 5.11 Å². The van der Waals surface area contributed by atoms with Crippen LogP contribution >= 0.6 is 0 Å². The number of aliphatic hydroxyl groups is 1. The molecule has 1 aromatic carbocycles. The topological polar surface area (TPSA) is 73.0 Å². The number of nitrogens with zero attached hydrogens (tertiary/aromatic N) is 4. The van der Waals surface area contributed by atoms with Crippen LogP contribution in [0.4, 0.5) is 5.82 Å². The van der Waals surface area contributed by atoms with Gasteiger partial charge in [0.1, 0.15) is 11.9 Å². The first-order valence-corrected chi connectivity index (χ1v) is 7.27. The molecule has 1 heterocycles. The van der Waals surface area contributed by atoms with Gasteiger partial charge in [-0.05, 0) is 18.9 Å². The van der Waals surface area contributed by atoms with Crippen molar-refractivity contribution >= 4 is 5.82 Å². The first kappa shape index (κ1) is 15.9. The summed E-state index contributed by atoms with van der Waals surface area (Å²) in [6, 6.07) is 12.0. The van der Waals surface area contributed by atoms with Gasteiger partial charge >= 0.3 is 0 Å². The van der Waals surface area contributed by atoms with E-state index in [1.54, 1.807) is 6.20 Å². The Morgan fingerprint density at radius 1 is 1.23 bits per heavy atom. The third-order valence-electron chi connectivity index (χ3n) is 3.59. The van der Waals surface area contributed by atoms with Crippen LogP contribution in [-0.4, -0.2) is 27.2 Å². The van der Waals surface area contributed by atoms with Crippen LogP contribution in [0.25, 0.3) is 0 Å². The molecule has 0 bridgehead atoms. The molecule has 0 aliphatic rings. The van der Waals surface area contributed by atoms with Crippen molar-refractivity contribution in [2.45, 2.75) is 32.4 Å². The van der Waals surface area contributed by atoms with Gasteiger partial charge in [-0.3, -0.25) is 0 Å². The molecule has 0 radical (unpaired) electrons. The van der Waals surface area contributed by atoms with E-state index in [4.69, 9.17) is 5.26 Å². The summed E-state index contributed by atoms with van der Waals surface area (Å²) < 4.78 is 0. The summed E-state index contributed by atoms with van der Waals surface area (Å²) in [6.45, 7) is 4.82. The van der Waals surface area contributed by atoms with Crippen molar-refractivity contribution in [2.24, 2.45) is 0 Å². The van der Waals surface area contributed by atoms with Crippen LogP contribution in [0.5, 0.6) is 0 Å². The summed E-state index contributed by atoms with van der Waals surface area (Å²) >= 11 is 0. The van der Waals surface area contributed by atoms with Crippen molar-refractivity contribution < 1.29 is 5.11 Å². The SMILES string of the molecule is CCC(C)(O)CN(Cc1ccccc1)c1cnc(C#N)cn1. The van der Waals surface area contributed by atoms with Crippen molar-refractivity contribution in [3.63, 3.8) is 0 Å². The molecule has 0 aliphatic heterocycles. The van der Waals surface area contributed by atoms with Gasteiger partial charge in [0.2, 0.25) is 0 Å². The van der Waals surface area contributed by atoms with E-state index < -0.39 is 5.60 Å². The lowest BCUT2D eigenvalue weighted by Crippen LogP contribution is -2.40. The number of nitriles is 1. The van der Waals surface area contributed by atoms with E-state index in [0.29, 0.717) is 25.3 Å². The number of hydrogen-bond donors (Lipinski definition) is 1. The lowest BCUT2D eigenvalue weighted by Gasteiger charge is -2.31. The third kappa shape index (κ3) is 4.27. The largest absolute Gasteiger partial charge is 0.388 e. The van der Waals surface area contributed by atoms with E-state index in [1.165, 1.54) is 6.20 Å². The van der Waals surface area contributed by atoms with Crippen molar-refractivity contribution in [2.75, 3.05) is 11.4 Å². The van der Waals surface area contributed by atoms with Gasteiger partial charge in [0.05, 0.1) is 18.0 Å². The van der Waals surface area contributed by atoms with Crippen LogP contribution in [0.1, 0.15) is 31.5 Å². The van der Waals surface area contributed by atoms with Crippen LogP contribution in [0.2, 0.25) is 0 Å². The minimum atomic E-state index is -0.815. The summed E-state index contributed by atoms with van der Waals surface area (Å²) in [7, 11) is 0. The minimum absolute atomic E-state index is 0.283. The zero-order valence-electron chi connectivity index (χ0n) is 12.9. The van der Waals surface area contributed by atoms with Gasteiger partial charge in [-0.15, -0.1) is 0 Å². The van der Waals surface area contributed by atoms with E-state index in [2.05, 4.69) is 9.97 Å². The Morgan fingerprint density at radius 3 is 2.50 bits per heavy atom. The second kappa shape index (κ2) is 7.01. The fourth-order valence-electron chi connectivity index (χ4n) is 2.09. The van der Waals surface area contributed by atoms with Gasteiger partial charge < -0.3 is 10.0 Å². The second-order valence-corrected chi connectivity index (χ2v) is 5.56. The van der Waals surface area contributed by atoms with Crippen LogP contribution in [0, 0.1) is 11.3 Å². The Labute approximate surface area is 130 Å². The molecule has 0 amide bonds. The molecule has 22 heavy (non-hydrogen) atoms. The Bertz CT molecular complexity index is 632. The molecule has 5 heteroatoms. The van der Waals surface area contributed by atoms with Gasteiger partial charge in [0, 0.05) is 13.1 Å². The average Bonchev–Trinajstić information content (AvgIpc) is 2.55. The van der Waals surface area contributed by atoms with E-state index >= 15 is 0 Å². The summed E-state index contributed by atoms with van der Waals surface area (Å²) in [6.07, 6.45) is 3.67. The smallest absolute Gasteiger partial charge is 0.158 e. The maximum Gasteiger partial charge on any atom is 0.158 e. The molecule has 0 fully saturated rings. The maximum absolute atomic E-state index is 10.4. The number of aromatic nitrogens is 2. The third-order valence-corrected chi connectivity index (χ3v) is 3.59. The van der Waals surface area contributed by atoms with E-state index in [-0.39, 0.29) is 5.69 Å². The van der Waals surface area contributed by atoms with Gasteiger partial charge in [0.25, 0.3) is 0 Å². The van der Waals surface area contributed by atoms with Crippen LogP contribution < -0.4 is 4.90 Å². The Hall–Kier alpha value is -2.45. The van der Waals surface area contributed by atoms with Crippen molar-refractivity contribution in [3.05, 3.63) is 54.0 Å². The summed E-state index contributed by atoms with van der Waals surface area (Å²) in [4.78, 5) is 10.3. The fourth-order valence-corrected chi connectivity index (χ4v) is 2.09. The van der Waals surface area contributed by atoms with Crippen molar-refractivity contribution in [1.29, 1.82) is 5.26 Å². The van der Waals surface area contributed by atoms with Gasteiger partial charge in [-0.2, -0.15) is 5.26 Å². The molecular formula is C17H20N4O. The summed E-state index contributed by atoms with van der Waals surface area (Å²) in [5, 5.41) is 19.2. The zero-order valence-corrected chi connectivity index (χ0v) is 12.9. The molecular weight excluding hydrogens is 276 g/mol. The molecule has 1 aromatic heterocycles. The normalized spacial score (nSPS) is 13.2. The second-order valence-electron chi connectivity index (χ2n) is 5.56. The number of anilines is 1. The van der Waals surface area contributed by atoms with Gasteiger partial charge in [-0.1, -0.05) is 37.3 Å². The van der Waals surface area contributed by atoms with Gasteiger partial charge in [0.15, 0.2) is 5.69 Å². The summed E-state index contributed by atoms with van der Waals surface area (Å²) in [5.74, 6) is 0.650. The lowest BCUT2D eigenvalue weighted by molar-refractivity contribution is 0.0624.